The van der Waals surface area contributed by atoms with E-state index in [1.54, 1.807) is 0 Å². The van der Waals surface area contributed by atoms with Gasteiger partial charge in [-0.3, -0.25) is 0 Å². The van der Waals surface area contributed by atoms with Crippen LogP contribution in [0, 0.1) is 5.92 Å². The van der Waals surface area contributed by atoms with E-state index >= 15 is 0 Å². The van der Waals surface area contributed by atoms with Crippen molar-refractivity contribution in [3.8, 4) is 0 Å². The van der Waals surface area contributed by atoms with Crippen molar-refractivity contribution in [2.24, 2.45) is 0 Å². The van der Waals surface area contributed by atoms with Gasteiger partial charge in [-0.05, 0) is 18.8 Å². The highest BCUT2D eigenvalue weighted by Crippen LogP contribution is 2.33. The van der Waals surface area contributed by atoms with Crippen LogP contribution >= 0.6 is 0 Å². The molecule has 0 aromatic rings. The van der Waals surface area contributed by atoms with Crippen LogP contribution in [0.1, 0.15) is 25.7 Å². The van der Waals surface area contributed by atoms with Crippen LogP contribution in [-0.2, 0) is 0 Å². The van der Waals surface area contributed by atoms with Gasteiger partial charge in [-0.25, -0.2) is 0 Å². The number of rotatable bonds is 2. The molecule has 1 radical (unpaired) electrons. The normalized spacial score (nSPS) is 21.9. The Kier molecular flexibility index (Phi) is 2.56. The zero-order chi connectivity index (χ0) is 7.61. The Bertz CT molecular complexity index is 95.8. The molecule has 10 heavy (non-hydrogen) atoms. The molecule has 1 aliphatic rings. The fourth-order valence-corrected chi connectivity index (χ4v) is 3.66. The van der Waals surface area contributed by atoms with Crippen LogP contribution in [0.4, 0.5) is 0 Å². The summed E-state index contributed by atoms with van der Waals surface area (Å²) in [5, 5.41) is 0. The maximum absolute atomic E-state index is 2.47. The zero-order valence-corrected chi connectivity index (χ0v) is 8.54. The van der Waals surface area contributed by atoms with Gasteiger partial charge in [-0.1, -0.05) is 38.5 Å². The summed E-state index contributed by atoms with van der Waals surface area (Å²) in [6.07, 6.45) is 5.84. The van der Waals surface area contributed by atoms with Gasteiger partial charge in [-0.2, -0.15) is 0 Å². The number of hydrogen-bond donors (Lipinski definition) is 0. The molecule has 0 aromatic carbocycles. The third-order valence-corrected chi connectivity index (χ3v) is 3.65. The lowest BCUT2D eigenvalue weighted by Crippen LogP contribution is -2.21. The summed E-state index contributed by atoms with van der Waals surface area (Å²) in [5.74, 6) is 1.87. The van der Waals surface area contributed by atoms with Crippen LogP contribution in [0.2, 0.25) is 25.7 Å². The van der Waals surface area contributed by atoms with E-state index in [1.807, 2.05) is 5.92 Å². The van der Waals surface area contributed by atoms with E-state index in [0.29, 0.717) is 0 Å². The lowest BCUT2D eigenvalue weighted by atomic mass is 10.1. The minimum atomic E-state index is -0.759. The van der Waals surface area contributed by atoms with Crippen molar-refractivity contribution in [3.05, 3.63) is 5.92 Å². The van der Waals surface area contributed by atoms with E-state index in [-0.39, 0.29) is 0 Å². The van der Waals surface area contributed by atoms with Gasteiger partial charge in [0.2, 0.25) is 0 Å². The summed E-state index contributed by atoms with van der Waals surface area (Å²) in [6, 6.07) is 1.49. The summed E-state index contributed by atoms with van der Waals surface area (Å²) < 4.78 is 0. The predicted molar refractivity (Wildman–Crippen MR) is 49.9 cm³/mol. The fraction of sp³-hybridized carbons (Fsp3) is 0.889. The Balaban J connectivity index is 2.24. The smallest absolute Gasteiger partial charge is 0.0448 e. The highest BCUT2D eigenvalue weighted by Gasteiger charge is 2.23. The van der Waals surface area contributed by atoms with Crippen molar-refractivity contribution in [3.63, 3.8) is 0 Å². The summed E-state index contributed by atoms with van der Waals surface area (Å²) >= 11 is 0. The van der Waals surface area contributed by atoms with Crippen molar-refractivity contribution in [2.45, 2.75) is 51.4 Å². The Morgan fingerprint density at radius 1 is 1.10 bits per heavy atom. The Hall–Kier alpha value is 0.217. The zero-order valence-electron chi connectivity index (χ0n) is 7.54. The standard InChI is InChI=1S/C9H19Si/c1-10(2,3)8-9-6-4-5-7-9/h4-8H2,1-3H3. The van der Waals surface area contributed by atoms with Gasteiger partial charge in [0.15, 0.2) is 0 Å². The van der Waals surface area contributed by atoms with E-state index in [0.717, 1.165) is 0 Å². The topological polar surface area (TPSA) is 0 Å². The first-order valence-electron chi connectivity index (χ1n) is 4.41. The van der Waals surface area contributed by atoms with Crippen LogP contribution in [-0.4, -0.2) is 8.07 Å². The first-order valence-corrected chi connectivity index (χ1v) is 8.12. The molecule has 0 aromatic heterocycles. The van der Waals surface area contributed by atoms with Crippen molar-refractivity contribution < 1.29 is 0 Å². The third kappa shape index (κ3) is 2.87. The van der Waals surface area contributed by atoms with Crippen molar-refractivity contribution in [2.75, 3.05) is 0 Å². The largest absolute Gasteiger partial charge is 0.0695 e. The molecular weight excluding hydrogens is 136 g/mol. The van der Waals surface area contributed by atoms with E-state index in [4.69, 9.17) is 0 Å². The molecule has 0 atom stereocenters. The predicted octanol–water partition coefficient (Wildman–Crippen LogP) is 3.47. The van der Waals surface area contributed by atoms with Gasteiger partial charge in [0.1, 0.15) is 0 Å². The molecule has 1 rings (SSSR count). The first-order chi connectivity index (χ1) is 4.58. The van der Waals surface area contributed by atoms with E-state index in [1.165, 1.54) is 31.7 Å². The Labute approximate surface area is 66.0 Å². The fourth-order valence-electron chi connectivity index (χ4n) is 1.80. The molecule has 0 bridgehead atoms. The average Bonchev–Trinajstić information content (AvgIpc) is 2.12. The van der Waals surface area contributed by atoms with E-state index < -0.39 is 8.07 Å². The monoisotopic (exact) mass is 155 g/mol. The van der Waals surface area contributed by atoms with Gasteiger partial charge in [0.05, 0.1) is 0 Å². The van der Waals surface area contributed by atoms with Crippen molar-refractivity contribution in [1.82, 2.24) is 0 Å². The second-order valence-corrected chi connectivity index (χ2v) is 10.2. The molecule has 1 heteroatoms. The number of hydrogen-bond acceptors (Lipinski definition) is 0. The van der Waals surface area contributed by atoms with Gasteiger partial charge in [0.25, 0.3) is 0 Å². The summed E-state index contributed by atoms with van der Waals surface area (Å²) in [5.41, 5.74) is 0. The van der Waals surface area contributed by atoms with Gasteiger partial charge < -0.3 is 0 Å². The Morgan fingerprint density at radius 2 is 1.60 bits per heavy atom. The van der Waals surface area contributed by atoms with Crippen LogP contribution in [0.3, 0.4) is 0 Å². The molecule has 0 N–H and O–H groups in total. The molecule has 0 saturated heterocycles. The summed E-state index contributed by atoms with van der Waals surface area (Å²) in [4.78, 5) is 0. The third-order valence-electron chi connectivity index (χ3n) is 2.09. The molecule has 59 valence electrons. The lowest BCUT2D eigenvalue weighted by molar-refractivity contribution is 0.886. The minimum Gasteiger partial charge on any atom is -0.0695 e. The summed E-state index contributed by atoms with van der Waals surface area (Å²) in [6.45, 7) is 7.41. The van der Waals surface area contributed by atoms with Gasteiger partial charge in [-0.15, -0.1) is 0 Å². The molecule has 0 spiro atoms. The van der Waals surface area contributed by atoms with Crippen LogP contribution in [0.25, 0.3) is 0 Å². The molecule has 0 unspecified atom stereocenters. The quantitative estimate of drug-likeness (QED) is 0.536. The van der Waals surface area contributed by atoms with Crippen LogP contribution < -0.4 is 0 Å². The maximum atomic E-state index is 2.47. The molecule has 1 saturated carbocycles. The van der Waals surface area contributed by atoms with Crippen LogP contribution in [0.15, 0.2) is 0 Å². The minimum absolute atomic E-state index is 0.759. The molecular formula is C9H19Si. The second kappa shape index (κ2) is 3.08. The van der Waals surface area contributed by atoms with Gasteiger partial charge in [0, 0.05) is 8.07 Å². The van der Waals surface area contributed by atoms with Gasteiger partial charge >= 0.3 is 0 Å². The maximum Gasteiger partial charge on any atom is 0.0448 e. The molecule has 0 aliphatic heterocycles. The molecule has 0 heterocycles. The first kappa shape index (κ1) is 8.31. The molecule has 0 nitrogen and oxygen atoms in total. The SMILES string of the molecule is C[Si](C)(C)C[C]1CCCC1. The van der Waals surface area contributed by atoms with Crippen LogP contribution in [0.5, 0.6) is 0 Å². The van der Waals surface area contributed by atoms with E-state index in [9.17, 15) is 0 Å². The Morgan fingerprint density at radius 3 is 2.00 bits per heavy atom. The average molecular weight is 155 g/mol. The molecule has 1 fully saturated rings. The molecule has 1 aliphatic carbocycles. The highest BCUT2D eigenvalue weighted by atomic mass is 28.3. The second-order valence-electron chi connectivity index (χ2n) is 4.69. The van der Waals surface area contributed by atoms with Crippen molar-refractivity contribution in [1.29, 1.82) is 0 Å². The summed E-state index contributed by atoms with van der Waals surface area (Å²) in [7, 11) is -0.759. The highest BCUT2D eigenvalue weighted by molar-refractivity contribution is 6.76. The van der Waals surface area contributed by atoms with E-state index in [2.05, 4.69) is 19.6 Å². The lowest BCUT2D eigenvalue weighted by Gasteiger charge is -2.19. The van der Waals surface area contributed by atoms with Crippen molar-refractivity contribution >= 4 is 8.07 Å². The molecule has 0 amide bonds.